The Morgan fingerprint density at radius 1 is 1.17 bits per heavy atom. The van der Waals surface area contributed by atoms with Gasteiger partial charge >= 0.3 is 0 Å². The lowest BCUT2D eigenvalue weighted by Crippen LogP contribution is -1.91. The van der Waals surface area contributed by atoms with Gasteiger partial charge in [0.05, 0.1) is 4.92 Å². The first-order chi connectivity index (χ1) is 8.54. The first-order valence-corrected chi connectivity index (χ1v) is 5.42. The van der Waals surface area contributed by atoms with Gasteiger partial charge in [-0.2, -0.15) is 4.98 Å². The van der Waals surface area contributed by atoms with E-state index in [4.69, 9.17) is 27.9 Å². The molecule has 0 unspecified atom stereocenters. The Balaban J connectivity index is 2.20. The molecule has 1 aromatic carbocycles. The van der Waals surface area contributed by atoms with Gasteiger partial charge in [0.2, 0.25) is 11.2 Å². The van der Waals surface area contributed by atoms with Gasteiger partial charge in [0.15, 0.2) is 0 Å². The highest BCUT2D eigenvalue weighted by Gasteiger charge is 2.07. The van der Waals surface area contributed by atoms with Crippen molar-refractivity contribution in [3.63, 3.8) is 0 Å². The molecule has 6 nitrogen and oxygen atoms in total. The van der Waals surface area contributed by atoms with Crippen LogP contribution >= 0.6 is 23.2 Å². The van der Waals surface area contributed by atoms with Crippen LogP contribution in [0.25, 0.3) is 0 Å². The monoisotopic (exact) mass is 285 g/mol. The van der Waals surface area contributed by atoms with Crippen LogP contribution in [0.15, 0.2) is 30.3 Å². The van der Waals surface area contributed by atoms with Crippen molar-refractivity contribution in [3.8, 4) is 11.6 Å². The maximum atomic E-state index is 10.5. The molecule has 0 spiro atoms. The van der Waals surface area contributed by atoms with Crippen molar-refractivity contribution >= 4 is 28.9 Å². The second-order valence-electron chi connectivity index (χ2n) is 3.15. The molecule has 0 saturated carbocycles. The highest BCUT2D eigenvalue weighted by Crippen LogP contribution is 2.24. The van der Waals surface area contributed by atoms with Crippen molar-refractivity contribution in [2.75, 3.05) is 0 Å². The Kier molecular flexibility index (Phi) is 3.59. The Morgan fingerprint density at radius 3 is 2.39 bits per heavy atom. The summed E-state index contributed by atoms with van der Waals surface area (Å²) in [4.78, 5) is 17.4. The fourth-order valence-corrected chi connectivity index (χ4v) is 1.57. The first-order valence-electron chi connectivity index (χ1n) is 4.67. The molecule has 0 N–H and O–H groups in total. The molecule has 0 saturated heterocycles. The van der Waals surface area contributed by atoms with Gasteiger partial charge in [-0.3, -0.25) is 10.1 Å². The zero-order chi connectivity index (χ0) is 13.1. The largest absolute Gasteiger partial charge is 0.439 e. The summed E-state index contributed by atoms with van der Waals surface area (Å²) in [5, 5.41) is 10.6. The average Bonchev–Trinajstić information content (AvgIpc) is 2.28. The van der Waals surface area contributed by atoms with Crippen molar-refractivity contribution in [1.82, 2.24) is 9.97 Å². The van der Waals surface area contributed by atoms with E-state index in [2.05, 4.69) is 9.97 Å². The summed E-state index contributed by atoms with van der Waals surface area (Å²) < 4.78 is 5.33. The molecule has 0 amide bonds. The third kappa shape index (κ3) is 3.06. The van der Waals surface area contributed by atoms with E-state index >= 15 is 0 Å². The van der Waals surface area contributed by atoms with E-state index in [1.165, 1.54) is 30.3 Å². The SMILES string of the molecule is O=[N+]([O-])c1ccc(Oc2cc(Cl)nc(Cl)n2)cc1. The lowest BCUT2D eigenvalue weighted by atomic mass is 10.3. The minimum absolute atomic E-state index is 0.0268. The fraction of sp³-hybridized carbons (Fsp3) is 0. The number of hydrogen-bond donors (Lipinski definition) is 0. The number of rotatable bonds is 3. The van der Waals surface area contributed by atoms with Crippen LogP contribution in [-0.4, -0.2) is 14.9 Å². The number of nitro benzene ring substituents is 1. The van der Waals surface area contributed by atoms with Crippen LogP contribution in [0.5, 0.6) is 11.6 Å². The van der Waals surface area contributed by atoms with Crippen molar-refractivity contribution in [2.45, 2.75) is 0 Å². The molecule has 2 rings (SSSR count). The molecule has 92 valence electrons. The lowest BCUT2D eigenvalue weighted by Gasteiger charge is -2.04. The molecule has 8 heteroatoms. The Bertz CT molecular complexity index is 569. The van der Waals surface area contributed by atoms with E-state index in [0.717, 1.165) is 0 Å². The molecule has 0 atom stereocenters. The molecule has 18 heavy (non-hydrogen) atoms. The summed E-state index contributed by atoms with van der Waals surface area (Å²) in [5.41, 5.74) is -0.0268. The second kappa shape index (κ2) is 5.16. The van der Waals surface area contributed by atoms with E-state index < -0.39 is 4.92 Å². The van der Waals surface area contributed by atoms with E-state index in [-0.39, 0.29) is 22.0 Å². The zero-order valence-electron chi connectivity index (χ0n) is 8.71. The van der Waals surface area contributed by atoms with Crippen LogP contribution < -0.4 is 4.74 Å². The predicted octanol–water partition coefficient (Wildman–Crippen LogP) is 3.48. The van der Waals surface area contributed by atoms with Gasteiger partial charge in [0.25, 0.3) is 5.69 Å². The van der Waals surface area contributed by atoms with Crippen LogP contribution in [0, 0.1) is 10.1 Å². The van der Waals surface area contributed by atoms with Gasteiger partial charge < -0.3 is 4.74 Å². The number of ether oxygens (including phenoxy) is 1. The molecular formula is C10H5Cl2N3O3. The minimum Gasteiger partial charge on any atom is -0.439 e. The Morgan fingerprint density at radius 2 is 1.83 bits per heavy atom. The third-order valence-corrected chi connectivity index (χ3v) is 2.28. The molecule has 2 aromatic rings. The predicted molar refractivity (Wildman–Crippen MR) is 65.2 cm³/mol. The van der Waals surface area contributed by atoms with Gasteiger partial charge in [-0.15, -0.1) is 0 Å². The van der Waals surface area contributed by atoms with Gasteiger partial charge in [-0.1, -0.05) is 11.6 Å². The summed E-state index contributed by atoms with van der Waals surface area (Å²) in [6.07, 6.45) is 0. The number of nitrogens with zero attached hydrogens (tertiary/aromatic N) is 3. The van der Waals surface area contributed by atoms with Gasteiger partial charge in [0.1, 0.15) is 10.9 Å². The van der Waals surface area contributed by atoms with Crippen LogP contribution in [0.4, 0.5) is 5.69 Å². The van der Waals surface area contributed by atoms with Crippen LogP contribution in [-0.2, 0) is 0 Å². The fourth-order valence-electron chi connectivity index (χ4n) is 1.18. The maximum Gasteiger partial charge on any atom is 0.269 e. The Hall–Kier alpha value is -1.92. The molecule has 0 bridgehead atoms. The molecule has 0 radical (unpaired) electrons. The molecule has 0 fully saturated rings. The van der Waals surface area contributed by atoms with Gasteiger partial charge in [-0.05, 0) is 23.7 Å². The van der Waals surface area contributed by atoms with Crippen LogP contribution in [0.2, 0.25) is 10.4 Å². The van der Waals surface area contributed by atoms with Gasteiger partial charge in [0, 0.05) is 18.2 Å². The lowest BCUT2D eigenvalue weighted by molar-refractivity contribution is -0.384. The standard InChI is InChI=1S/C10H5Cl2N3O3/c11-8-5-9(14-10(12)13-8)18-7-3-1-6(2-4-7)15(16)17/h1-5H. The highest BCUT2D eigenvalue weighted by atomic mass is 35.5. The highest BCUT2D eigenvalue weighted by molar-refractivity contribution is 6.31. The number of non-ortho nitro benzene ring substituents is 1. The summed E-state index contributed by atoms with van der Waals surface area (Å²) in [6.45, 7) is 0. The van der Waals surface area contributed by atoms with Crippen molar-refractivity contribution in [3.05, 3.63) is 50.9 Å². The smallest absolute Gasteiger partial charge is 0.269 e. The Labute approximate surface area is 111 Å². The topological polar surface area (TPSA) is 78.2 Å². The molecule has 0 aliphatic carbocycles. The summed E-state index contributed by atoms with van der Waals surface area (Å²) in [6, 6.07) is 6.92. The number of nitro groups is 1. The molecule has 1 aromatic heterocycles. The van der Waals surface area contributed by atoms with E-state index in [0.29, 0.717) is 5.75 Å². The third-order valence-electron chi connectivity index (χ3n) is 1.91. The molecule has 0 aliphatic rings. The van der Waals surface area contributed by atoms with Crippen molar-refractivity contribution in [1.29, 1.82) is 0 Å². The number of hydrogen-bond acceptors (Lipinski definition) is 5. The maximum absolute atomic E-state index is 10.5. The van der Waals surface area contributed by atoms with E-state index in [1.807, 2.05) is 0 Å². The molecular weight excluding hydrogens is 281 g/mol. The van der Waals surface area contributed by atoms with Crippen molar-refractivity contribution < 1.29 is 9.66 Å². The van der Waals surface area contributed by atoms with Gasteiger partial charge in [-0.25, -0.2) is 4.98 Å². The average molecular weight is 286 g/mol. The minimum atomic E-state index is -0.498. The number of benzene rings is 1. The summed E-state index contributed by atoms with van der Waals surface area (Å²) in [7, 11) is 0. The molecule has 1 heterocycles. The first kappa shape index (κ1) is 12.5. The molecule has 0 aliphatic heterocycles. The summed E-state index contributed by atoms with van der Waals surface area (Å²) in [5.74, 6) is 0.542. The second-order valence-corrected chi connectivity index (χ2v) is 3.88. The summed E-state index contributed by atoms with van der Waals surface area (Å²) >= 11 is 11.3. The normalized spacial score (nSPS) is 10.1. The quantitative estimate of drug-likeness (QED) is 0.373. The number of halogens is 2. The van der Waals surface area contributed by atoms with Crippen molar-refractivity contribution in [2.24, 2.45) is 0 Å². The van der Waals surface area contributed by atoms with Crippen LogP contribution in [0.3, 0.4) is 0 Å². The number of aromatic nitrogens is 2. The van der Waals surface area contributed by atoms with Crippen LogP contribution in [0.1, 0.15) is 0 Å². The zero-order valence-corrected chi connectivity index (χ0v) is 10.2. The van der Waals surface area contributed by atoms with E-state index in [9.17, 15) is 10.1 Å². The van der Waals surface area contributed by atoms with E-state index in [1.54, 1.807) is 0 Å².